The van der Waals surface area contributed by atoms with Crippen LogP contribution in [0.15, 0.2) is 23.1 Å². The summed E-state index contributed by atoms with van der Waals surface area (Å²) in [5.41, 5.74) is 1.89. The van der Waals surface area contributed by atoms with E-state index in [9.17, 15) is 13.2 Å². The predicted molar refractivity (Wildman–Crippen MR) is 117 cm³/mol. The van der Waals surface area contributed by atoms with Crippen LogP contribution in [0.1, 0.15) is 57.4 Å². The van der Waals surface area contributed by atoms with E-state index in [1.807, 2.05) is 17.0 Å². The summed E-state index contributed by atoms with van der Waals surface area (Å²) in [5.74, 6) is 0.375. The maximum Gasteiger partial charge on any atom is 0.243 e. The quantitative estimate of drug-likeness (QED) is 0.735. The minimum absolute atomic E-state index is 0.103. The fraction of sp³-hybridized carbons (Fsp3) is 0.696. The number of anilines is 1. The predicted octanol–water partition coefficient (Wildman–Crippen LogP) is 3.01. The van der Waals surface area contributed by atoms with Crippen LogP contribution in [-0.2, 0) is 21.2 Å². The summed E-state index contributed by atoms with van der Waals surface area (Å²) in [7, 11) is -3.49. The molecule has 3 aliphatic heterocycles. The van der Waals surface area contributed by atoms with Crippen molar-refractivity contribution in [3.63, 3.8) is 0 Å². The molecular formula is C23H33N3O3S. The Balaban J connectivity index is 1.30. The minimum Gasteiger partial charge on any atom is -0.309 e. The number of benzene rings is 1. The molecule has 1 unspecified atom stereocenters. The Bertz CT molecular complexity index is 914. The fourth-order valence-corrected chi connectivity index (χ4v) is 7.03. The highest BCUT2D eigenvalue weighted by molar-refractivity contribution is 7.89. The second-order valence-corrected chi connectivity index (χ2v) is 11.5. The topological polar surface area (TPSA) is 60.9 Å². The molecule has 0 radical (unpaired) electrons. The third kappa shape index (κ3) is 3.69. The zero-order chi connectivity index (χ0) is 20.9. The zero-order valence-corrected chi connectivity index (χ0v) is 18.7. The van der Waals surface area contributed by atoms with E-state index in [2.05, 4.69) is 11.8 Å². The second kappa shape index (κ2) is 7.92. The molecule has 0 N–H and O–H groups in total. The summed E-state index contributed by atoms with van der Waals surface area (Å²) in [6.45, 7) is 5.58. The summed E-state index contributed by atoms with van der Waals surface area (Å²) in [6.07, 6.45) is 8.40. The lowest BCUT2D eigenvalue weighted by atomic mass is 10.0. The highest BCUT2D eigenvalue weighted by atomic mass is 32.2. The number of likely N-dealkylation sites (tertiary alicyclic amines) is 1. The molecule has 0 aromatic heterocycles. The summed E-state index contributed by atoms with van der Waals surface area (Å²) < 4.78 is 28.3. The number of piperidine rings is 2. The molecule has 2 saturated heterocycles. The Morgan fingerprint density at radius 1 is 0.967 bits per heavy atom. The van der Waals surface area contributed by atoms with Crippen LogP contribution in [0.4, 0.5) is 5.69 Å². The van der Waals surface area contributed by atoms with Gasteiger partial charge in [0.05, 0.1) is 4.90 Å². The van der Waals surface area contributed by atoms with Gasteiger partial charge in [0.1, 0.15) is 0 Å². The summed E-state index contributed by atoms with van der Waals surface area (Å²) in [5, 5.41) is 0. The molecule has 0 spiro atoms. The van der Waals surface area contributed by atoms with Crippen molar-refractivity contribution >= 4 is 21.6 Å². The Hall–Kier alpha value is -1.44. The van der Waals surface area contributed by atoms with Gasteiger partial charge >= 0.3 is 0 Å². The van der Waals surface area contributed by atoms with Gasteiger partial charge < -0.3 is 9.80 Å². The molecule has 1 amide bonds. The monoisotopic (exact) mass is 431 g/mol. The molecular weight excluding hydrogens is 398 g/mol. The van der Waals surface area contributed by atoms with Crippen LogP contribution >= 0.6 is 0 Å². The summed E-state index contributed by atoms with van der Waals surface area (Å²) in [6, 6.07) is 6.01. The number of rotatable bonds is 4. The molecule has 1 saturated carbocycles. The van der Waals surface area contributed by atoms with Crippen molar-refractivity contribution in [2.75, 3.05) is 31.1 Å². The van der Waals surface area contributed by atoms with E-state index in [4.69, 9.17) is 0 Å². The Morgan fingerprint density at radius 2 is 1.67 bits per heavy atom. The number of nitrogens with zero attached hydrogens (tertiary/aromatic N) is 3. The zero-order valence-electron chi connectivity index (χ0n) is 17.9. The van der Waals surface area contributed by atoms with Crippen LogP contribution in [0, 0.1) is 5.92 Å². The highest BCUT2D eigenvalue weighted by Gasteiger charge is 2.40. The molecule has 30 heavy (non-hydrogen) atoms. The van der Waals surface area contributed by atoms with Crippen molar-refractivity contribution in [1.82, 2.24) is 9.21 Å². The van der Waals surface area contributed by atoms with Gasteiger partial charge in [-0.15, -0.1) is 0 Å². The number of fused-ring (bicyclic) bond motifs is 1. The Kier molecular flexibility index (Phi) is 5.40. The first-order chi connectivity index (χ1) is 14.4. The average Bonchev–Trinajstić information content (AvgIpc) is 3.56. The van der Waals surface area contributed by atoms with Crippen LogP contribution in [0.2, 0.25) is 0 Å². The molecule has 1 aromatic carbocycles. The van der Waals surface area contributed by atoms with E-state index < -0.39 is 10.0 Å². The summed E-state index contributed by atoms with van der Waals surface area (Å²) in [4.78, 5) is 17.5. The molecule has 7 heteroatoms. The lowest BCUT2D eigenvalue weighted by Crippen LogP contribution is -2.48. The van der Waals surface area contributed by atoms with Crippen LogP contribution in [0.3, 0.4) is 0 Å². The van der Waals surface area contributed by atoms with Gasteiger partial charge in [0.25, 0.3) is 0 Å². The van der Waals surface area contributed by atoms with Gasteiger partial charge in [0.15, 0.2) is 0 Å². The van der Waals surface area contributed by atoms with Crippen molar-refractivity contribution in [2.45, 2.75) is 75.3 Å². The number of carbonyl (C=O) groups is 1. The molecule has 1 aromatic rings. The fourth-order valence-electron chi connectivity index (χ4n) is 5.51. The molecule has 5 rings (SSSR count). The number of hydrogen-bond donors (Lipinski definition) is 0. The second-order valence-electron chi connectivity index (χ2n) is 9.56. The van der Waals surface area contributed by atoms with Gasteiger partial charge in [-0.3, -0.25) is 4.79 Å². The first-order valence-corrected chi connectivity index (χ1v) is 13.1. The Labute approximate surface area is 180 Å². The molecule has 6 nitrogen and oxygen atoms in total. The standard InChI is InChI=1S/C23H33N3O3S/c1-17-15-19-16-21(7-8-22(19)26(17)23(27)18-5-6-18)30(28,29)25-13-9-20(10-14-25)24-11-3-2-4-12-24/h7-8,16-18,20H,2-6,9-15H2,1H3. The third-order valence-electron chi connectivity index (χ3n) is 7.40. The van der Waals surface area contributed by atoms with Gasteiger partial charge in [0.2, 0.25) is 15.9 Å². The average molecular weight is 432 g/mol. The van der Waals surface area contributed by atoms with E-state index >= 15 is 0 Å². The smallest absolute Gasteiger partial charge is 0.243 e. The molecule has 3 heterocycles. The Morgan fingerprint density at radius 3 is 2.33 bits per heavy atom. The van der Waals surface area contributed by atoms with Crippen molar-refractivity contribution in [2.24, 2.45) is 5.92 Å². The minimum atomic E-state index is -3.49. The molecule has 1 aliphatic carbocycles. The molecule has 164 valence electrons. The van der Waals surface area contributed by atoms with Gasteiger partial charge in [-0.25, -0.2) is 8.42 Å². The van der Waals surface area contributed by atoms with E-state index in [0.717, 1.165) is 56.4 Å². The molecule has 1 atom stereocenters. The van der Waals surface area contributed by atoms with Crippen molar-refractivity contribution in [3.05, 3.63) is 23.8 Å². The van der Waals surface area contributed by atoms with Crippen molar-refractivity contribution in [1.29, 1.82) is 0 Å². The van der Waals surface area contributed by atoms with Crippen LogP contribution in [0.25, 0.3) is 0 Å². The highest BCUT2D eigenvalue weighted by Crippen LogP contribution is 2.40. The van der Waals surface area contributed by atoms with Gasteiger partial charge in [-0.1, -0.05) is 6.42 Å². The normalized spacial score (nSPS) is 26.7. The first-order valence-electron chi connectivity index (χ1n) is 11.7. The van der Waals surface area contributed by atoms with Crippen LogP contribution < -0.4 is 4.90 Å². The number of sulfonamides is 1. The van der Waals surface area contributed by atoms with E-state index in [1.54, 1.807) is 10.4 Å². The number of amides is 1. The lowest BCUT2D eigenvalue weighted by molar-refractivity contribution is -0.120. The van der Waals surface area contributed by atoms with E-state index in [0.29, 0.717) is 24.0 Å². The van der Waals surface area contributed by atoms with Crippen LogP contribution in [-0.4, -0.2) is 61.8 Å². The summed E-state index contributed by atoms with van der Waals surface area (Å²) >= 11 is 0. The van der Waals surface area contributed by atoms with Crippen molar-refractivity contribution in [3.8, 4) is 0 Å². The van der Waals surface area contributed by atoms with Crippen molar-refractivity contribution < 1.29 is 13.2 Å². The van der Waals surface area contributed by atoms with Crippen LogP contribution in [0.5, 0.6) is 0 Å². The lowest BCUT2D eigenvalue weighted by Gasteiger charge is -2.39. The van der Waals surface area contributed by atoms with E-state index in [1.165, 1.54) is 19.3 Å². The number of hydrogen-bond acceptors (Lipinski definition) is 4. The molecule has 3 fully saturated rings. The maximum atomic E-state index is 13.3. The van der Waals surface area contributed by atoms with Gasteiger partial charge in [0, 0.05) is 36.8 Å². The van der Waals surface area contributed by atoms with Gasteiger partial charge in [-0.2, -0.15) is 4.31 Å². The molecule has 0 bridgehead atoms. The third-order valence-corrected chi connectivity index (χ3v) is 9.29. The largest absolute Gasteiger partial charge is 0.309 e. The molecule has 4 aliphatic rings. The maximum absolute atomic E-state index is 13.3. The SMILES string of the molecule is CC1Cc2cc(S(=O)(=O)N3CCC(N4CCCCC4)CC3)ccc2N1C(=O)C1CC1. The van der Waals surface area contributed by atoms with Gasteiger partial charge in [-0.05, 0) is 88.7 Å². The first kappa shape index (κ1) is 20.5. The number of carbonyl (C=O) groups excluding carboxylic acids is 1. The van der Waals surface area contributed by atoms with E-state index in [-0.39, 0.29) is 17.9 Å².